The van der Waals surface area contributed by atoms with Gasteiger partial charge < -0.3 is 10.1 Å². The summed E-state index contributed by atoms with van der Waals surface area (Å²) in [5.74, 6) is 0.736. The third-order valence-corrected chi connectivity index (χ3v) is 5.73. The molecule has 3 rings (SSSR count). The topological polar surface area (TPSA) is 58.6 Å². The third kappa shape index (κ3) is 5.58. The van der Waals surface area contributed by atoms with E-state index in [2.05, 4.69) is 10.2 Å². The summed E-state index contributed by atoms with van der Waals surface area (Å²) >= 11 is 1.97. The SMILES string of the molecule is CCOC(=O)c1cc(NC(=O)c2ccc(CN3CCSCC3)cc2)c(F)cc1C. The zero-order chi connectivity index (χ0) is 20.8. The molecule has 2 aromatic rings. The van der Waals surface area contributed by atoms with Gasteiger partial charge in [-0.1, -0.05) is 12.1 Å². The quantitative estimate of drug-likeness (QED) is 0.718. The van der Waals surface area contributed by atoms with Crippen molar-refractivity contribution in [2.75, 3.05) is 36.5 Å². The molecular weight excluding hydrogens is 391 g/mol. The van der Waals surface area contributed by atoms with Crippen LogP contribution in [0.4, 0.5) is 10.1 Å². The number of ether oxygens (including phenoxy) is 1. The number of anilines is 1. The van der Waals surface area contributed by atoms with Crippen molar-refractivity contribution >= 4 is 29.3 Å². The van der Waals surface area contributed by atoms with Gasteiger partial charge in [0.15, 0.2) is 0 Å². The van der Waals surface area contributed by atoms with E-state index in [0.717, 1.165) is 36.7 Å². The molecule has 5 nitrogen and oxygen atoms in total. The second-order valence-corrected chi connectivity index (χ2v) is 8.13. The monoisotopic (exact) mass is 416 g/mol. The van der Waals surface area contributed by atoms with E-state index in [4.69, 9.17) is 4.74 Å². The standard InChI is InChI=1S/C22H25FN2O3S/c1-3-28-22(27)18-13-20(19(23)12-15(18)2)24-21(26)17-6-4-16(5-7-17)14-25-8-10-29-11-9-25/h4-7,12-13H,3,8-11,14H2,1-2H3,(H,24,26). The number of halogens is 1. The van der Waals surface area contributed by atoms with Crippen LogP contribution in [0.15, 0.2) is 36.4 Å². The number of amides is 1. The van der Waals surface area contributed by atoms with Gasteiger partial charge in [0.2, 0.25) is 0 Å². The van der Waals surface area contributed by atoms with Crippen molar-refractivity contribution in [3.63, 3.8) is 0 Å². The molecule has 1 amide bonds. The average Bonchev–Trinajstić information content (AvgIpc) is 2.71. The first kappa shape index (κ1) is 21.3. The zero-order valence-electron chi connectivity index (χ0n) is 16.7. The lowest BCUT2D eigenvalue weighted by molar-refractivity contribution is 0.0525. The molecule has 7 heteroatoms. The highest BCUT2D eigenvalue weighted by Crippen LogP contribution is 2.22. The van der Waals surface area contributed by atoms with E-state index in [-0.39, 0.29) is 17.9 Å². The zero-order valence-corrected chi connectivity index (χ0v) is 17.5. The molecule has 0 unspecified atom stereocenters. The second kappa shape index (κ2) is 9.89. The van der Waals surface area contributed by atoms with Crippen LogP contribution in [0.1, 0.15) is 38.8 Å². The summed E-state index contributed by atoms with van der Waals surface area (Å²) in [7, 11) is 0. The molecule has 0 saturated carbocycles. The molecule has 0 bridgehead atoms. The van der Waals surface area contributed by atoms with Crippen LogP contribution in [-0.4, -0.2) is 48.0 Å². The summed E-state index contributed by atoms with van der Waals surface area (Å²) in [5.41, 5.74) is 2.22. The molecule has 0 spiro atoms. The average molecular weight is 417 g/mol. The van der Waals surface area contributed by atoms with Gasteiger partial charge in [-0.3, -0.25) is 9.69 Å². The van der Waals surface area contributed by atoms with Crippen LogP contribution in [0.2, 0.25) is 0 Å². The predicted octanol–water partition coefficient (Wildman–Crippen LogP) is 4.11. The number of carbonyl (C=O) groups excluding carboxylic acids is 2. The Hall–Kier alpha value is -2.38. The molecule has 1 N–H and O–H groups in total. The summed E-state index contributed by atoms with van der Waals surface area (Å²) in [4.78, 5) is 27.0. The number of rotatable bonds is 6. The van der Waals surface area contributed by atoms with Crippen LogP contribution in [0.5, 0.6) is 0 Å². The van der Waals surface area contributed by atoms with Crippen LogP contribution in [0.3, 0.4) is 0 Å². The summed E-state index contributed by atoms with van der Waals surface area (Å²) in [6.07, 6.45) is 0. The number of hydrogen-bond acceptors (Lipinski definition) is 5. The fourth-order valence-electron chi connectivity index (χ4n) is 3.17. The lowest BCUT2D eigenvalue weighted by Gasteiger charge is -2.26. The first-order chi connectivity index (χ1) is 14.0. The molecule has 1 heterocycles. The van der Waals surface area contributed by atoms with Crippen LogP contribution in [-0.2, 0) is 11.3 Å². The van der Waals surface area contributed by atoms with Gasteiger partial charge in [-0.15, -0.1) is 0 Å². The molecule has 2 aromatic carbocycles. The van der Waals surface area contributed by atoms with E-state index >= 15 is 0 Å². The van der Waals surface area contributed by atoms with Crippen molar-refractivity contribution in [1.29, 1.82) is 0 Å². The number of thioether (sulfide) groups is 1. The molecule has 1 fully saturated rings. The van der Waals surface area contributed by atoms with Gasteiger partial charge >= 0.3 is 5.97 Å². The molecule has 29 heavy (non-hydrogen) atoms. The lowest BCUT2D eigenvalue weighted by atomic mass is 10.1. The number of aryl methyl sites for hydroxylation is 1. The Balaban J connectivity index is 1.69. The van der Waals surface area contributed by atoms with Gasteiger partial charge in [0.25, 0.3) is 5.91 Å². The highest BCUT2D eigenvalue weighted by atomic mass is 32.2. The Morgan fingerprint density at radius 2 is 1.86 bits per heavy atom. The fraction of sp³-hybridized carbons (Fsp3) is 0.364. The number of carbonyl (C=O) groups is 2. The van der Waals surface area contributed by atoms with Crippen LogP contribution in [0.25, 0.3) is 0 Å². The molecule has 1 aliphatic rings. The lowest BCUT2D eigenvalue weighted by Crippen LogP contribution is -2.31. The van der Waals surface area contributed by atoms with Crippen molar-refractivity contribution in [1.82, 2.24) is 4.90 Å². The molecule has 1 aliphatic heterocycles. The summed E-state index contributed by atoms with van der Waals surface area (Å²) in [5, 5.41) is 2.56. The first-order valence-corrected chi connectivity index (χ1v) is 10.8. The molecule has 154 valence electrons. The van der Waals surface area contributed by atoms with E-state index < -0.39 is 17.7 Å². The minimum Gasteiger partial charge on any atom is -0.462 e. The number of hydrogen-bond donors (Lipinski definition) is 1. The maximum atomic E-state index is 14.3. The van der Waals surface area contributed by atoms with Crippen molar-refractivity contribution < 1.29 is 18.7 Å². The van der Waals surface area contributed by atoms with Crippen molar-refractivity contribution in [3.8, 4) is 0 Å². The highest BCUT2D eigenvalue weighted by molar-refractivity contribution is 7.99. The van der Waals surface area contributed by atoms with E-state index in [0.29, 0.717) is 11.1 Å². The Kier molecular flexibility index (Phi) is 7.28. The second-order valence-electron chi connectivity index (χ2n) is 6.91. The van der Waals surface area contributed by atoms with E-state index in [9.17, 15) is 14.0 Å². The minimum absolute atomic E-state index is 0.0430. The maximum Gasteiger partial charge on any atom is 0.338 e. The molecule has 0 radical (unpaired) electrons. The van der Waals surface area contributed by atoms with Crippen LogP contribution < -0.4 is 5.32 Å². The predicted molar refractivity (Wildman–Crippen MR) is 114 cm³/mol. The Morgan fingerprint density at radius 1 is 1.17 bits per heavy atom. The van der Waals surface area contributed by atoms with Crippen molar-refractivity contribution in [3.05, 3.63) is 64.5 Å². The Morgan fingerprint density at radius 3 is 2.52 bits per heavy atom. The Bertz CT molecular complexity index is 880. The first-order valence-electron chi connectivity index (χ1n) is 9.65. The third-order valence-electron chi connectivity index (χ3n) is 4.78. The van der Waals surface area contributed by atoms with Gasteiger partial charge in [0.1, 0.15) is 5.82 Å². The van der Waals surface area contributed by atoms with E-state index in [1.54, 1.807) is 26.0 Å². The van der Waals surface area contributed by atoms with Crippen molar-refractivity contribution in [2.45, 2.75) is 20.4 Å². The fourth-order valence-corrected chi connectivity index (χ4v) is 4.15. The molecule has 1 saturated heterocycles. The summed E-state index contributed by atoms with van der Waals surface area (Å²) in [6.45, 7) is 6.55. The molecule has 0 atom stereocenters. The highest BCUT2D eigenvalue weighted by Gasteiger charge is 2.17. The van der Waals surface area contributed by atoms with Gasteiger partial charge in [-0.05, 0) is 49.2 Å². The number of esters is 1. The van der Waals surface area contributed by atoms with Crippen molar-refractivity contribution in [2.24, 2.45) is 0 Å². The summed E-state index contributed by atoms with van der Waals surface area (Å²) in [6, 6.07) is 9.87. The number of benzene rings is 2. The van der Waals surface area contributed by atoms with Gasteiger partial charge in [-0.25, -0.2) is 9.18 Å². The Labute approximate surface area is 174 Å². The van der Waals surface area contributed by atoms with Gasteiger partial charge in [0.05, 0.1) is 17.9 Å². The smallest absolute Gasteiger partial charge is 0.338 e. The van der Waals surface area contributed by atoms with Gasteiger partial charge in [-0.2, -0.15) is 11.8 Å². The number of nitrogens with zero attached hydrogens (tertiary/aromatic N) is 1. The molecule has 0 aliphatic carbocycles. The summed E-state index contributed by atoms with van der Waals surface area (Å²) < 4.78 is 19.3. The van der Waals surface area contributed by atoms with Crippen LogP contribution in [0, 0.1) is 12.7 Å². The number of nitrogens with one attached hydrogen (secondary N) is 1. The largest absolute Gasteiger partial charge is 0.462 e. The van der Waals surface area contributed by atoms with Crippen LogP contribution >= 0.6 is 11.8 Å². The van der Waals surface area contributed by atoms with Gasteiger partial charge in [0, 0.05) is 36.7 Å². The normalized spacial score (nSPS) is 14.4. The van der Waals surface area contributed by atoms with E-state index in [1.165, 1.54) is 12.1 Å². The molecule has 0 aromatic heterocycles. The molecular formula is C22H25FN2O3S. The van der Waals surface area contributed by atoms with E-state index in [1.807, 2.05) is 23.9 Å². The maximum absolute atomic E-state index is 14.3. The minimum atomic E-state index is -0.594.